The fourth-order valence-corrected chi connectivity index (χ4v) is 4.87. The molecule has 0 aromatic heterocycles. The molecule has 2 aromatic rings. The van der Waals surface area contributed by atoms with Gasteiger partial charge in [0, 0.05) is 24.5 Å². The van der Waals surface area contributed by atoms with Crippen molar-refractivity contribution in [2.45, 2.75) is 37.1 Å². The van der Waals surface area contributed by atoms with Crippen molar-refractivity contribution >= 4 is 17.7 Å². The lowest BCUT2D eigenvalue weighted by Gasteiger charge is -2.31. The summed E-state index contributed by atoms with van der Waals surface area (Å²) in [6.07, 6.45) is 3.62. The minimum Gasteiger partial charge on any atom is -0.379 e. The van der Waals surface area contributed by atoms with E-state index in [4.69, 9.17) is 4.74 Å². The summed E-state index contributed by atoms with van der Waals surface area (Å²) in [6, 6.07) is 15.2. The van der Waals surface area contributed by atoms with Crippen LogP contribution >= 0.6 is 11.8 Å². The Balaban J connectivity index is 1.37. The number of amides is 1. The molecule has 0 spiro atoms. The van der Waals surface area contributed by atoms with Gasteiger partial charge in [0.1, 0.15) is 0 Å². The van der Waals surface area contributed by atoms with Crippen LogP contribution in [0.2, 0.25) is 0 Å². The molecule has 4 nitrogen and oxygen atoms in total. The normalized spacial score (nSPS) is 17.7. The second kappa shape index (κ2) is 9.79. The lowest BCUT2D eigenvalue weighted by atomic mass is 10.0. The lowest BCUT2D eigenvalue weighted by Crippen LogP contribution is -2.43. The molecule has 1 fully saturated rings. The van der Waals surface area contributed by atoms with E-state index in [1.807, 2.05) is 0 Å². The molecule has 0 unspecified atom stereocenters. The Morgan fingerprint density at radius 1 is 1.10 bits per heavy atom. The van der Waals surface area contributed by atoms with Crippen molar-refractivity contribution in [3.8, 4) is 0 Å². The molecule has 1 aliphatic heterocycles. The number of fused-ring (bicyclic) bond motifs is 1. The highest BCUT2D eigenvalue weighted by molar-refractivity contribution is 8.00. The average molecular weight is 411 g/mol. The van der Waals surface area contributed by atoms with Crippen LogP contribution in [-0.2, 0) is 22.4 Å². The molecule has 1 saturated heterocycles. The predicted octanol–water partition coefficient (Wildman–Crippen LogP) is 3.77. The highest BCUT2D eigenvalue weighted by atomic mass is 32.2. The number of nitrogens with zero attached hydrogens (tertiary/aromatic N) is 1. The summed E-state index contributed by atoms with van der Waals surface area (Å²) in [5.41, 5.74) is 5.33. The largest absolute Gasteiger partial charge is 0.379 e. The van der Waals surface area contributed by atoms with Crippen molar-refractivity contribution in [3.05, 3.63) is 64.7 Å². The molecule has 5 heteroatoms. The third-order valence-corrected chi connectivity index (χ3v) is 6.79. The minimum absolute atomic E-state index is 0.00169. The topological polar surface area (TPSA) is 41.6 Å². The van der Waals surface area contributed by atoms with E-state index in [-0.39, 0.29) is 11.9 Å². The third-order valence-electron chi connectivity index (χ3n) is 5.80. The van der Waals surface area contributed by atoms with Crippen LogP contribution in [0, 0.1) is 6.92 Å². The number of carbonyl (C=O) groups excluding carboxylic acids is 1. The summed E-state index contributed by atoms with van der Waals surface area (Å²) in [5.74, 6) is 0.541. The van der Waals surface area contributed by atoms with Gasteiger partial charge in [-0.25, -0.2) is 0 Å². The molecule has 0 radical (unpaired) electrons. The van der Waals surface area contributed by atoms with Crippen LogP contribution in [0.1, 0.15) is 34.7 Å². The fraction of sp³-hybridized carbons (Fsp3) is 0.458. The number of benzene rings is 2. The highest BCUT2D eigenvalue weighted by Gasteiger charge is 2.20. The first-order chi connectivity index (χ1) is 14.2. The predicted molar refractivity (Wildman–Crippen MR) is 119 cm³/mol. The molecule has 4 rings (SSSR count). The van der Waals surface area contributed by atoms with Crippen molar-refractivity contribution in [1.82, 2.24) is 10.2 Å². The number of hydrogen-bond donors (Lipinski definition) is 1. The molecule has 154 valence electrons. The Labute approximate surface area is 178 Å². The number of thioether (sulfide) groups is 1. The van der Waals surface area contributed by atoms with E-state index in [0.717, 1.165) is 38.4 Å². The van der Waals surface area contributed by atoms with Gasteiger partial charge in [0.05, 0.1) is 25.0 Å². The van der Waals surface area contributed by atoms with Crippen molar-refractivity contribution in [1.29, 1.82) is 0 Å². The van der Waals surface area contributed by atoms with Gasteiger partial charge in [0.15, 0.2) is 0 Å². The molecule has 1 aliphatic carbocycles. The van der Waals surface area contributed by atoms with Crippen LogP contribution in [0.25, 0.3) is 0 Å². The maximum Gasteiger partial charge on any atom is 0.230 e. The Morgan fingerprint density at radius 3 is 2.66 bits per heavy atom. The third kappa shape index (κ3) is 5.62. The molecular weight excluding hydrogens is 380 g/mol. The molecule has 2 aromatic carbocycles. The zero-order valence-electron chi connectivity index (χ0n) is 17.2. The Bertz CT molecular complexity index is 831. The van der Waals surface area contributed by atoms with Gasteiger partial charge in [-0.3, -0.25) is 9.69 Å². The van der Waals surface area contributed by atoms with Gasteiger partial charge in [0.2, 0.25) is 5.91 Å². The zero-order chi connectivity index (χ0) is 20.1. The monoisotopic (exact) mass is 410 g/mol. The number of hydrogen-bond acceptors (Lipinski definition) is 4. The summed E-state index contributed by atoms with van der Waals surface area (Å²) < 4.78 is 5.47. The van der Waals surface area contributed by atoms with Crippen LogP contribution in [0.5, 0.6) is 0 Å². The summed E-state index contributed by atoms with van der Waals surface area (Å²) in [4.78, 5) is 16.3. The Morgan fingerprint density at radius 2 is 1.86 bits per heavy atom. The molecule has 1 heterocycles. The molecule has 29 heavy (non-hydrogen) atoms. The number of rotatable bonds is 7. The zero-order valence-corrected chi connectivity index (χ0v) is 18.0. The van der Waals surface area contributed by atoms with Crippen molar-refractivity contribution in [2.24, 2.45) is 0 Å². The first-order valence-electron chi connectivity index (χ1n) is 10.6. The van der Waals surface area contributed by atoms with Gasteiger partial charge in [0.25, 0.3) is 0 Å². The summed E-state index contributed by atoms with van der Waals surface area (Å²) >= 11 is 1.63. The lowest BCUT2D eigenvalue weighted by molar-refractivity contribution is -0.119. The van der Waals surface area contributed by atoms with E-state index in [0.29, 0.717) is 5.75 Å². The first-order valence-corrected chi connectivity index (χ1v) is 11.6. The molecule has 1 N–H and O–H groups in total. The van der Waals surface area contributed by atoms with Gasteiger partial charge in [-0.05, 0) is 55.0 Å². The molecule has 2 aliphatic rings. The maximum absolute atomic E-state index is 12.8. The van der Waals surface area contributed by atoms with Gasteiger partial charge < -0.3 is 10.1 Å². The van der Waals surface area contributed by atoms with Crippen LogP contribution in [0.3, 0.4) is 0 Å². The van der Waals surface area contributed by atoms with Crippen LogP contribution in [0.4, 0.5) is 0 Å². The Kier molecular flexibility index (Phi) is 6.90. The van der Waals surface area contributed by atoms with Crippen LogP contribution in [-0.4, -0.2) is 49.4 Å². The SMILES string of the molecule is Cc1ccc([C@@H](CN2CCOCC2)NC(=O)CSc2ccc3c(c2)CCC3)cc1. The standard InChI is InChI=1S/C24H30N2O2S/c1-18-5-7-20(8-6-18)23(16-26-11-13-28-14-12-26)25-24(27)17-29-22-10-9-19-3-2-4-21(19)15-22/h5-10,15,23H,2-4,11-14,16-17H2,1H3,(H,25,27)/t23-/m1/s1. The van der Waals surface area contributed by atoms with E-state index in [1.165, 1.54) is 40.8 Å². The molecule has 0 bridgehead atoms. The van der Waals surface area contributed by atoms with E-state index in [9.17, 15) is 4.79 Å². The van der Waals surface area contributed by atoms with Crippen molar-refractivity contribution in [3.63, 3.8) is 0 Å². The van der Waals surface area contributed by atoms with Crippen LogP contribution in [0.15, 0.2) is 47.4 Å². The second-order valence-corrected chi connectivity index (χ2v) is 9.07. The minimum atomic E-state index is 0.00169. The van der Waals surface area contributed by atoms with Gasteiger partial charge in [-0.1, -0.05) is 35.9 Å². The number of nitrogens with one attached hydrogen (secondary N) is 1. The van der Waals surface area contributed by atoms with E-state index in [1.54, 1.807) is 11.8 Å². The fourth-order valence-electron chi connectivity index (χ4n) is 4.10. The number of ether oxygens (including phenoxy) is 1. The van der Waals surface area contributed by atoms with Gasteiger partial charge in [-0.2, -0.15) is 0 Å². The molecule has 0 saturated carbocycles. The second-order valence-electron chi connectivity index (χ2n) is 8.02. The van der Waals surface area contributed by atoms with Crippen LogP contribution < -0.4 is 5.32 Å². The highest BCUT2D eigenvalue weighted by Crippen LogP contribution is 2.27. The summed E-state index contributed by atoms with van der Waals surface area (Å²) in [6.45, 7) is 6.28. The summed E-state index contributed by atoms with van der Waals surface area (Å²) in [5, 5.41) is 3.28. The quantitative estimate of drug-likeness (QED) is 0.706. The number of carbonyl (C=O) groups is 1. The van der Waals surface area contributed by atoms with E-state index in [2.05, 4.69) is 59.6 Å². The average Bonchev–Trinajstić information content (AvgIpc) is 3.21. The van der Waals surface area contributed by atoms with Crippen molar-refractivity contribution < 1.29 is 9.53 Å². The number of aryl methyl sites for hydroxylation is 3. The molecule has 1 atom stereocenters. The molecule has 1 amide bonds. The van der Waals surface area contributed by atoms with E-state index < -0.39 is 0 Å². The summed E-state index contributed by atoms with van der Waals surface area (Å²) in [7, 11) is 0. The van der Waals surface area contributed by atoms with Gasteiger partial charge in [-0.15, -0.1) is 11.8 Å². The first kappa shape index (κ1) is 20.5. The van der Waals surface area contributed by atoms with Gasteiger partial charge >= 0.3 is 0 Å². The van der Waals surface area contributed by atoms with Crippen molar-refractivity contribution in [2.75, 3.05) is 38.6 Å². The Hall–Kier alpha value is -1.82. The smallest absolute Gasteiger partial charge is 0.230 e. The van der Waals surface area contributed by atoms with E-state index >= 15 is 0 Å². The molecular formula is C24H30N2O2S. The number of morpholine rings is 1. The maximum atomic E-state index is 12.8.